The van der Waals surface area contributed by atoms with Gasteiger partial charge in [-0.3, -0.25) is 0 Å². The molecule has 2 aliphatic rings. The van der Waals surface area contributed by atoms with E-state index >= 15 is 0 Å². The molecule has 0 bridgehead atoms. The van der Waals surface area contributed by atoms with Crippen molar-refractivity contribution in [3.63, 3.8) is 0 Å². The summed E-state index contributed by atoms with van der Waals surface area (Å²) in [6, 6.07) is 0.560. The van der Waals surface area contributed by atoms with Crippen molar-refractivity contribution in [3.05, 3.63) is 0 Å². The van der Waals surface area contributed by atoms with Gasteiger partial charge >= 0.3 is 0 Å². The maximum atomic E-state index is 5.84. The average molecular weight is 297 g/mol. The molecular weight excluding hydrogens is 262 g/mol. The normalized spacial score (nSPS) is 29.1. The Kier molecular flexibility index (Phi) is 6.93. The molecule has 124 valence electrons. The lowest BCUT2D eigenvalue weighted by Crippen LogP contribution is -2.54. The van der Waals surface area contributed by atoms with Crippen LogP contribution in [0.4, 0.5) is 0 Å². The van der Waals surface area contributed by atoms with E-state index in [1.54, 1.807) is 0 Å². The molecule has 4 heteroatoms. The molecule has 0 saturated carbocycles. The van der Waals surface area contributed by atoms with Gasteiger partial charge in [0.1, 0.15) is 0 Å². The van der Waals surface area contributed by atoms with Crippen LogP contribution < -0.4 is 5.32 Å². The van der Waals surface area contributed by atoms with Gasteiger partial charge in [0.25, 0.3) is 0 Å². The second-order valence-electron chi connectivity index (χ2n) is 7.31. The van der Waals surface area contributed by atoms with Crippen LogP contribution in [0.2, 0.25) is 0 Å². The van der Waals surface area contributed by atoms with E-state index in [4.69, 9.17) is 4.74 Å². The number of hydrogen-bond acceptors (Lipinski definition) is 4. The van der Waals surface area contributed by atoms with Gasteiger partial charge in [0.05, 0.1) is 6.61 Å². The molecule has 4 nitrogen and oxygen atoms in total. The lowest BCUT2D eigenvalue weighted by atomic mass is 9.81. The van der Waals surface area contributed by atoms with Crippen molar-refractivity contribution in [3.8, 4) is 0 Å². The van der Waals surface area contributed by atoms with Gasteiger partial charge in [0, 0.05) is 57.3 Å². The van der Waals surface area contributed by atoms with Crippen LogP contribution in [0.15, 0.2) is 0 Å². The van der Waals surface area contributed by atoms with E-state index in [-0.39, 0.29) is 0 Å². The standard InChI is InChI=1S/C17H35N3O/c1-4-7-19-8-10-20(11-9-19)14-17(13-18-16(2)3)6-5-12-21-15-17/h16,18H,4-15H2,1-3H3. The van der Waals surface area contributed by atoms with Crippen LogP contribution >= 0.6 is 0 Å². The summed E-state index contributed by atoms with van der Waals surface area (Å²) in [5.41, 5.74) is 0.329. The number of piperazine rings is 1. The van der Waals surface area contributed by atoms with Crippen LogP contribution in [0.25, 0.3) is 0 Å². The topological polar surface area (TPSA) is 27.7 Å². The van der Waals surface area contributed by atoms with Gasteiger partial charge < -0.3 is 19.9 Å². The highest BCUT2D eigenvalue weighted by Crippen LogP contribution is 2.29. The highest BCUT2D eigenvalue weighted by atomic mass is 16.5. The van der Waals surface area contributed by atoms with Gasteiger partial charge in [-0.1, -0.05) is 20.8 Å². The zero-order chi connectivity index (χ0) is 15.1. The van der Waals surface area contributed by atoms with Crippen molar-refractivity contribution >= 4 is 0 Å². The first kappa shape index (κ1) is 17.2. The summed E-state index contributed by atoms with van der Waals surface area (Å²) in [6.07, 6.45) is 3.80. The lowest BCUT2D eigenvalue weighted by molar-refractivity contribution is -0.0335. The van der Waals surface area contributed by atoms with Crippen LogP contribution in [-0.4, -0.2) is 74.9 Å². The molecule has 2 saturated heterocycles. The first-order valence-corrected chi connectivity index (χ1v) is 8.89. The molecule has 1 N–H and O–H groups in total. The van der Waals surface area contributed by atoms with Crippen LogP contribution in [0, 0.1) is 5.41 Å². The fourth-order valence-corrected chi connectivity index (χ4v) is 3.61. The van der Waals surface area contributed by atoms with Gasteiger partial charge in [-0.2, -0.15) is 0 Å². The molecule has 21 heavy (non-hydrogen) atoms. The van der Waals surface area contributed by atoms with Crippen LogP contribution in [0.5, 0.6) is 0 Å². The number of hydrogen-bond donors (Lipinski definition) is 1. The van der Waals surface area contributed by atoms with Crippen molar-refractivity contribution < 1.29 is 4.74 Å². The van der Waals surface area contributed by atoms with Crippen LogP contribution in [-0.2, 0) is 4.74 Å². The summed E-state index contributed by atoms with van der Waals surface area (Å²) in [5.74, 6) is 0. The van der Waals surface area contributed by atoms with E-state index in [0.717, 1.165) is 19.8 Å². The quantitative estimate of drug-likeness (QED) is 0.776. The Bertz CT molecular complexity index is 282. The zero-order valence-corrected chi connectivity index (χ0v) is 14.4. The summed E-state index contributed by atoms with van der Waals surface area (Å²) in [7, 11) is 0. The fourth-order valence-electron chi connectivity index (χ4n) is 3.61. The van der Waals surface area contributed by atoms with E-state index in [9.17, 15) is 0 Å². The van der Waals surface area contributed by atoms with Gasteiger partial charge in [-0.25, -0.2) is 0 Å². The number of nitrogens with one attached hydrogen (secondary N) is 1. The molecule has 1 unspecified atom stereocenters. The Morgan fingerprint density at radius 1 is 1.14 bits per heavy atom. The zero-order valence-electron chi connectivity index (χ0n) is 14.4. The molecule has 0 aromatic carbocycles. The SMILES string of the molecule is CCCN1CCN(CC2(CNC(C)C)CCCOC2)CC1. The molecule has 2 rings (SSSR count). The first-order chi connectivity index (χ1) is 10.1. The lowest BCUT2D eigenvalue weighted by Gasteiger charge is -2.44. The molecule has 2 aliphatic heterocycles. The van der Waals surface area contributed by atoms with Crippen molar-refractivity contribution in [1.29, 1.82) is 0 Å². The van der Waals surface area contributed by atoms with Crippen LogP contribution in [0.1, 0.15) is 40.0 Å². The van der Waals surface area contributed by atoms with Gasteiger partial charge in [0.15, 0.2) is 0 Å². The Balaban J connectivity index is 1.84. The Morgan fingerprint density at radius 3 is 2.43 bits per heavy atom. The maximum Gasteiger partial charge on any atom is 0.0546 e. The van der Waals surface area contributed by atoms with E-state index in [2.05, 4.69) is 35.9 Å². The minimum atomic E-state index is 0.329. The van der Waals surface area contributed by atoms with Crippen molar-refractivity contribution in [2.75, 3.05) is 59.0 Å². The smallest absolute Gasteiger partial charge is 0.0546 e. The van der Waals surface area contributed by atoms with Crippen molar-refractivity contribution in [2.24, 2.45) is 5.41 Å². The largest absolute Gasteiger partial charge is 0.381 e. The van der Waals surface area contributed by atoms with Crippen molar-refractivity contribution in [1.82, 2.24) is 15.1 Å². The first-order valence-electron chi connectivity index (χ1n) is 8.89. The highest BCUT2D eigenvalue weighted by Gasteiger charge is 2.35. The van der Waals surface area contributed by atoms with Crippen LogP contribution in [0.3, 0.4) is 0 Å². The summed E-state index contributed by atoms with van der Waals surface area (Å²) >= 11 is 0. The molecule has 0 radical (unpaired) electrons. The predicted molar refractivity (Wildman–Crippen MR) is 88.8 cm³/mol. The molecule has 2 fully saturated rings. The number of nitrogens with zero attached hydrogens (tertiary/aromatic N) is 2. The Labute approximate surface area is 131 Å². The summed E-state index contributed by atoms with van der Waals surface area (Å²) in [5, 5.41) is 3.66. The maximum absolute atomic E-state index is 5.84. The van der Waals surface area contributed by atoms with E-state index in [0.29, 0.717) is 11.5 Å². The number of rotatable bonds is 7. The van der Waals surface area contributed by atoms with E-state index < -0.39 is 0 Å². The molecule has 0 aromatic rings. The number of ether oxygens (including phenoxy) is 1. The second-order valence-corrected chi connectivity index (χ2v) is 7.31. The predicted octanol–water partition coefficient (Wildman–Crippen LogP) is 1.81. The molecule has 2 heterocycles. The Hall–Kier alpha value is -0.160. The molecule has 0 aromatic heterocycles. The van der Waals surface area contributed by atoms with Gasteiger partial charge in [0.2, 0.25) is 0 Å². The second kappa shape index (κ2) is 8.47. The minimum absolute atomic E-state index is 0.329. The third kappa shape index (κ3) is 5.51. The molecule has 0 amide bonds. The third-order valence-electron chi connectivity index (χ3n) is 4.85. The summed E-state index contributed by atoms with van der Waals surface area (Å²) < 4.78 is 5.84. The third-order valence-corrected chi connectivity index (χ3v) is 4.85. The summed E-state index contributed by atoms with van der Waals surface area (Å²) in [6.45, 7) is 17.1. The highest BCUT2D eigenvalue weighted by molar-refractivity contribution is 4.89. The van der Waals surface area contributed by atoms with E-state index in [1.807, 2.05) is 0 Å². The van der Waals surface area contributed by atoms with E-state index in [1.165, 1.54) is 58.5 Å². The minimum Gasteiger partial charge on any atom is -0.381 e. The molecule has 0 aliphatic carbocycles. The molecule has 0 spiro atoms. The molecular formula is C17H35N3O. The average Bonchev–Trinajstić information content (AvgIpc) is 2.49. The van der Waals surface area contributed by atoms with Gasteiger partial charge in [-0.15, -0.1) is 0 Å². The monoisotopic (exact) mass is 297 g/mol. The summed E-state index contributed by atoms with van der Waals surface area (Å²) in [4.78, 5) is 5.27. The van der Waals surface area contributed by atoms with Crippen molar-refractivity contribution in [2.45, 2.75) is 46.1 Å². The fraction of sp³-hybridized carbons (Fsp3) is 1.00. The Morgan fingerprint density at radius 2 is 1.86 bits per heavy atom. The molecule has 1 atom stereocenters. The van der Waals surface area contributed by atoms with Gasteiger partial charge in [-0.05, 0) is 25.8 Å².